The third-order valence-electron chi connectivity index (χ3n) is 5.97. The molecule has 3 heterocycles. The minimum Gasteiger partial charge on any atom is -0.489 e. The minimum atomic E-state index is -0.349. The van der Waals surface area contributed by atoms with E-state index in [1.165, 1.54) is 4.90 Å². The number of aromatic nitrogens is 2. The van der Waals surface area contributed by atoms with Gasteiger partial charge in [0.05, 0.1) is 23.5 Å². The Bertz CT molecular complexity index is 1400. The van der Waals surface area contributed by atoms with Crippen LogP contribution in [0.1, 0.15) is 44.2 Å². The second-order valence-electron chi connectivity index (χ2n) is 8.28. The van der Waals surface area contributed by atoms with Gasteiger partial charge in [-0.05, 0) is 61.4 Å². The van der Waals surface area contributed by atoms with Crippen molar-refractivity contribution >= 4 is 23.5 Å². The van der Waals surface area contributed by atoms with Crippen LogP contribution < -0.4 is 4.74 Å². The quantitative estimate of drug-likeness (QED) is 0.295. The maximum absolute atomic E-state index is 13.4. The lowest BCUT2D eigenvalue weighted by molar-refractivity contribution is -0.123. The molecular formula is C28H23N3O4. The Morgan fingerprint density at radius 1 is 0.914 bits per heavy atom. The number of pyridine rings is 1. The summed E-state index contributed by atoms with van der Waals surface area (Å²) in [4.78, 5) is 32.1. The molecule has 1 aliphatic heterocycles. The number of amides is 2. The monoisotopic (exact) mass is 465 g/mol. The van der Waals surface area contributed by atoms with Gasteiger partial charge in [-0.3, -0.25) is 19.5 Å². The van der Waals surface area contributed by atoms with Gasteiger partial charge in [-0.2, -0.15) is 0 Å². The molecule has 35 heavy (non-hydrogen) atoms. The molecule has 0 N–H and O–H groups in total. The lowest BCUT2D eigenvalue weighted by Gasteiger charge is -2.28. The molecular weight excluding hydrogens is 442 g/mol. The van der Waals surface area contributed by atoms with E-state index in [4.69, 9.17) is 9.26 Å². The topological polar surface area (TPSA) is 85.5 Å². The standard InChI is InChI=1S/C28H23N3O4/c1-18-26(19(2)35-30-18)17-34-22-12-10-20(11-13-22)15-25-23-8-3-4-9-24(23)27(32)31(28(25)33)16-21-7-5-6-14-29-21/h3-15H,16-17H2,1-2H3/b25-15+. The summed E-state index contributed by atoms with van der Waals surface area (Å²) in [6.45, 7) is 4.21. The number of fused-ring (bicyclic) bond motifs is 1. The third-order valence-corrected chi connectivity index (χ3v) is 5.97. The number of imide groups is 1. The Balaban J connectivity index is 1.41. The molecule has 0 aliphatic carbocycles. The minimum absolute atomic E-state index is 0.110. The molecule has 2 aromatic heterocycles. The number of hydrogen-bond donors (Lipinski definition) is 0. The smallest absolute Gasteiger partial charge is 0.261 e. The lowest BCUT2D eigenvalue weighted by atomic mass is 9.92. The number of carbonyl (C=O) groups excluding carboxylic acids is 2. The number of ether oxygens (including phenoxy) is 1. The van der Waals surface area contributed by atoms with Crippen LogP contribution in [0.25, 0.3) is 11.6 Å². The highest BCUT2D eigenvalue weighted by molar-refractivity contribution is 6.33. The van der Waals surface area contributed by atoms with Gasteiger partial charge >= 0.3 is 0 Å². The Hall–Kier alpha value is -4.52. The molecule has 0 radical (unpaired) electrons. The second kappa shape index (κ2) is 9.38. The van der Waals surface area contributed by atoms with Crippen molar-refractivity contribution in [1.29, 1.82) is 0 Å². The number of aryl methyl sites for hydroxylation is 2. The van der Waals surface area contributed by atoms with Crippen molar-refractivity contribution in [3.63, 3.8) is 0 Å². The molecule has 1 aliphatic rings. The molecule has 5 rings (SSSR count). The van der Waals surface area contributed by atoms with Gasteiger partial charge in [0.15, 0.2) is 0 Å². The van der Waals surface area contributed by atoms with E-state index >= 15 is 0 Å². The first-order valence-corrected chi connectivity index (χ1v) is 11.2. The summed E-state index contributed by atoms with van der Waals surface area (Å²) in [5.74, 6) is 0.757. The lowest BCUT2D eigenvalue weighted by Crippen LogP contribution is -2.41. The predicted molar refractivity (Wildman–Crippen MR) is 130 cm³/mol. The summed E-state index contributed by atoms with van der Waals surface area (Å²) in [6.07, 6.45) is 3.45. The zero-order valence-corrected chi connectivity index (χ0v) is 19.4. The third kappa shape index (κ3) is 4.48. The molecule has 0 bridgehead atoms. The fourth-order valence-electron chi connectivity index (χ4n) is 4.03. The van der Waals surface area contributed by atoms with Crippen LogP contribution in [0.3, 0.4) is 0 Å². The highest BCUT2D eigenvalue weighted by Gasteiger charge is 2.34. The zero-order valence-electron chi connectivity index (χ0n) is 19.4. The van der Waals surface area contributed by atoms with Crippen LogP contribution in [-0.2, 0) is 17.9 Å². The SMILES string of the molecule is Cc1noc(C)c1COc1ccc(/C=C2/C(=O)N(Cc3ccccn3)C(=O)c3ccccc32)cc1. The number of benzene rings is 2. The molecule has 2 aromatic carbocycles. The first-order valence-electron chi connectivity index (χ1n) is 11.2. The maximum Gasteiger partial charge on any atom is 0.261 e. The van der Waals surface area contributed by atoms with Crippen LogP contribution in [-0.4, -0.2) is 26.9 Å². The Kier molecular flexibility index (Phi) is 5.97. The van der Waals surface area contributed by atoms with Crippen LogP contribution in [0.4, 0.5) is 0 Å². The van der Waals surface area contributed by atoms with Crippen molar-refractivity contribution in [2.75, 3.05) is 0 Å². The van der Waals surface area contributed by atoms with E-state index in [0.717, 1.165) is 22.6 Å². The van der Waals surface area contributed by atoms with Crippen molar-refractivity contribution < 1.29 is 18.8 Å². The predicted octanol–water partition coefficient (Wildman–Crippen LogP) is 4.99. The average Bonchev–Trinajstić information content (AvgIpc) is 3.21. The zero-order chi connectivity index (χ0) is 24.4. The first kappa shape index (κ1) is 22.3. The molecule has 174 valence electrons. The Morgan fingerprint density at radius 3 is 2.34 bits per heavy atom. The van der Waals surface area contributed by atoms with Gasteiger partial charge in [0.25, 0.3) is 11.8 Å². The van der Waals surface area contributed by atoms with E-state index in [0.29, 0.717) is 34.8 Å². The number of nitrogens with zero attached hydrogens (tertiary/aromatic N) is 3. The van der Waals surface area contributed by atoms with Crippen LogP contribution in [0.5, 0.6) is 5.75 Å². The first-order chi connectivity index (χ1) is 17.0. The van der Waals surface area contributed by atoms with Crippen molar-refractivity contribution in [3.8, 4) is 5.75 Å². The summed E-state index contributed by atoms with van der Waals surface area (Å²) < 4.78 is 11.1. The largest absolute Gasteiger partial charge is 0.489 e. The molecule has 0 unspecified atom stereocenters. The van der Waals surface area contributed by atoms with Crippen molar-refractivity contribution in [1.82, 2.24) is 15.0 Å². The van der Waals surface area contributed by atoms with E-state index in [9.17, 15) is 9.59 Å². The molecule has 0 saturated carbocycles. The highest BCUT2D eigenvalue weighted by Crippen LogP contribution is 2.31. The Labute approximate surface area is 202 Å². The molecule has 7 heteroatoms. The van der Waals surface area contributed by atoms with Crippen LogP contribution in [0.15, 0.2) is 77.4 Å². The van der Waals surface area contributed by atoms with Crippen LogP contribution in [0, 0.1) is 13.8 Å². The van der Waals surface area contributed by atoms with Gasteiger partial charge in [0.1, 0.15) is 18.1 Å². The average molecular weight is 466 g/mol. The summed E-state index contributed by atoms with van der Waals surface area (Å²) in [5.41, 5.74) is 4.78. The molecule has 0 saturated heterocycles. The van der Waals surface area contributed by atoms with E-state index in [1.54, 1.807) is 42.6 Å². The molecule has 0 atom stereocenters. The highest BCUT2D eigenvalue weighted by atomic mass is 16.5. The fraction of sp³-hybridized carbons (Fsp3) is 0.143. The van der Waals surface area contributed by atoms with Crippen molar-refractivity contribution in [2.45, 2.75) is 27.0 Å². The normalized spacial score (nSPS) is 14.3. The molecule has 0 fully saturated rings. The van der Waals surface area contributed by atoms with Crippen LogP contribution >= 0.6 is 0 Å². The van der Waals surface area contributed by atoms with Crippen molar-refractivity contribution in [3.05, 3.63) is 112 Å². The maximum atomic E-state index is 13.4. The number of hydrogen-bond acceptors (Lipinski definition) is 6. The number of carbonyl (C=O) groups is 2. The van der Waals surface area contributed by atoms with E-state index in [2.05, 4.69) is 10.1 Å². The molecule has 2 amide bonds. The second-order valence-corrected chi connectivity index (χ2v) is 8.28. The van der Waals surface area contributed by atoms with Gasteiger partial charge in [-0.15, -0.1) is 0 Å². The van der Waals surface area contributed by atoms with E-state index in [-0.39, 0.29) is 18.4 Å². The molecule has 0 spiro atoms. The summed E-state index contributed by atoms with van der Waals surface area (Å²) in [5, 5.41) is 3.94. The summed E-state index contributed by atoms with van der Waals surface area (Å²) in [7, 11) is 0. The summed E-state index contributed by atoms with van der Waals surface area (Å²) >= 11 is 0. The van der Waals surface area contributed by atoms with Gasteiger partial charge in [0.2, 0.25) is 0 Å². The van der Waals surface area contributed by atoms with Gasteiger partial charge < -0.3 is 9.26 Å². The molecule has 7 nitrogen and oxygen atoms in total. The van der Waals surface area contributed by atoms with E-state index in [1.807, 2.05) is 50.2 Å². The fourth-order valence-corrected chi connectivity index (χ4v) is 4.03. The van der Waals surface area contributed by atoms with Crippen molar-refractivity contribution in [2.24, 2.45) is 0 Å². The van der Waals surface area contributed by atoms with Crippen LogP contribution in [0.2, 0.25) is 0 Å². The van der Waals surface area contributed by atoms with Gasteiger partial charge in [-0.1, -0.05) is 41.6 Å². The van der Waals surface area contributed by atoms with E-state index < -0.39 is 0 Å². The van der Waals surface area contributed by atoms with Gasteiger partial charge in [0, 0.05) is 17.3 Å². The number of rotatable bonds is 6. The Morgan fingerprint density at radius 2 is 1.66 bits per heavy atom. The summed E-state index contributed by atoms with van der Waals surface area (Å²) in [6, 6.07) is 20.1. The van der Waals surface area contributed by atoms with Gasteiger partial charge in [-0.25, -0.2) is 0 Å². The molecule has 4 aromatic rings.